The van der Waals surface area contributed by atoms with Crippen LogP contribution >= 0.6 is 22.5 Å². The van der Waals surface area contributed by atoms with Crippen LogP contribution in [0.15, 0.2) is 0 Å². The highest BCUT2D eigenvalue weighted by atomic mass is 33.1. The van der Waals surface area contributed by atoms with Crippen LogP contribution in [-0.4, -0.2) is 22.6 Å². The maximum Gasteiger partial charge on any atom is 0.321 e. The molecule has 0 bridgehead atoms. The van der Waals surface area contributed by atoms with Crippen molar-refractivity contribution >= 4 is 28.4 Å². The highest BCUT2D eigenvalue weighted by Crippen LogP contribution is 2.16. The van der Waals surface area contributed by atoms with Crippen LogP contribution in [0.5, 0.6) is 0 Å². The molecule has 0 fully saturated rings. The van der Waals surface area contributed by atoms with E-state index in [1.807, 2.05) is 0 Å². The molecule has 0 aromatic carbocycles. The van der Waals surface area contributed by atoms with E-state index < -0.39 is 12.3 Å². The highest BCUT2D eigenvalue weighted by Gasteiger charge is 2.17. The molecule has 0 aromatic heterocycles. The van der Waals surface area contributed by atoms with Crippen LogP contribution in [0.4, 0.5) is 0 Å². The first-order valence-corrected chi connectivity index (χ1v) is 6.73. The van der Waals surface area contributed by atoms with Gasteiger partial charge in [-0.25, -0.2) is 0 Å². The Labute approximate surface area is 94.4 Å². The fourth-order valence-corrected chi connectivity index (χ4v) is 1.30. The molecule has 0 radical (unpaired) electrons. The zero-order valence-corrected chi connectivity index (χ0v) is 10.3. The topological polar surface area (TPSA) is 46.5 Å². The van der Waals surface area contributed by atoms with E-state index in [0.717, 1.165) is 30.1 Å². The first-order valence-electron chi connectivity index (χ1n) is 4.80. The number of hydrogen-bond acceptors (Lipinski definition) is 5. The summed E-state index contributed by atoms with van der Waals surface area (Å²) in [5, 5.41) is 8.98. The van der Waals surface area contributed by atoms with Gasteiger partial charge in [0.15, 0.2) is 0 Å². The molecule has 3 nitrogen and oxygen atoms in total. The second kappa shape index (κ2) is 8.44. The number of carbonyl (C=O) groups is 1. The first kappa shape index (κ1) is 14.1. The van der Waals surface area contributed by atoms with Crippen LogP contribution in [0.2, 0.25) is 0 Å². The molecular formula is C9H18O3S2. The second-order valence-corrected chi connectivity index (χ2v) is 4.69. The number of carbonyl (C=O) groups excluding carboxylic acids is 1. The molecule has 2 atom stereocenters. The molecule has 14 heavy (non-hydrogen) atoms. The molecule has 2 unspecified atom stereocenters. The van der Waals surface area contributed by atoms with E-state index in [2.05, 4.69) is 18.6 Å². The summed E-state index contributed by atoms with van der Waals surface area (Å²) in [5.41, 5.74) is 0. The van der Waals surface area contributed by atoms with E-state index in [4.69, 9.17) is 4.74 Å². The van der Waals surface area contributed by atoms with Gasteiger partial charge in [0.25, 0.3) is 0 Å². The third-order valence-electron chi connectivity index (χ3n) is 1.80. The number of hydrogen-bond donors (Lipinski definition) is 2. The van der Waals surface area contributed by atoms with Gasteiger partial charge in [0.05, 0.1) is 0 Å². The lowest BCUT2D eigenvalue weighted by Crippen LogP contribution is -2.23. The molecule has 0 rings (SSSR count). The Morgan fingerprint density at radius 1 is 1.57 bits per heavy atom. The monoisotopic (exact) mass is 238 g/mol. The van der Waals surface area contributed by atoms with Crippen LogP contribution < -0.4 is 0 Å². The third kappa shape index (κ3) is 6.56. The van der Waals surface area contributed by atoms with Crippen molar-refractivity contribution in [3.63, 3.8) is 0 Å². The second-order valence-electron chi connectivity index (χ2n) is 3.13. The predicted octanol–water partition coefficient (Wildman–Crippen LogP) is 2.39. The molecular weight excluding hydrogens is 220 g/mol. The zero-order chi connectivity index (χ0) is 11.0. The van der Waals surface area contributed by atoms with Gasteiger partial charge >= 0.3 is 5.97 Å². The summed E-state index contributed by atoms with van der Waals surface area (Å²) in [6, 6.07) is 0. The first-order chi connectivity index (χ1) is 6.61. The van der Waals surface area contributed by atoms with Crippen LogP contribution in [-0.2, 0) is 9.53 Å². The zero-order valence-electron chi connectivity index (χ0n) is 8.60. The fraction of sp³-hybridized carbons (Fsp3) is 0.889. The van der Waals surface area contributed by atoms with Crippen LogP contribution in [0.25, 0.3) is 0 Å². The molecule has 0 aromatic rings. The molecule has 5 heteroatoms. The van der Waals surface area contributed by atoms with Gasteiger partial charge in [-0.05, 0) is 13.3 Å². The normalized spacial score (nSPS) is 14.9. The molecule has 0 saturated carbocycles. The summed E-state index contributed by atoms with van der Waals surface area (Å²) in [6.07, 6.45) is 2.57. The van der Waals surface area contributed by atoms with Gasteiger partial charge in [-0.1, -0.05) is 30.6 Å². The Hall–Kier alpha value is 0.130. The number of unbranched alkanes of at least 4 members (excludes halogenated alkanes) is 2. The van der Waals surface area contributed by atoms with Crippen molar-refractivity contribution in [2.24, 2.45) is 0 Å². The van der Waals surface area contributed by atoms with E-state index >= 15 is 0 Å². The van der Waals surface area contributed by atoms with Gasteiger partial charge in [-0.15, -0.1) is 11.7 Å². The number of thiol groups is 1. The van der Waals surface area contributed by atoms with Crippen LogP contribution in [0.3, 0.4) is 0 Å². The van der Waals surface area contributed by atoms with Crippen molar-refractivity contribution in [1.82, 2.24) is 0 Å². The molecule has 1 N–H and O–H groups in total. The maximum absolute atomic E-state index is 11.2. The van der Waals surface area contributed by atoms with Gasteiger partial charge in [-0.2, -0.15) is 0 Å². The lowest BCUT2D eigenvalue weighted by Gasteiger charge is -2.13. The number of esters is 1. The minimum atomic E-state index is -0.961. The summed E-state index contributed by atoms with van der Waals surface area (Å²) in [6.45, 7) is 3.77. The molecule has 0 spiro atoms. The molecule has 0 aliphatic rings. The average Bonchev–Trinajstić information content (AvgIpc) is 2.16. The summed E-state index contributed by atoms with van der Waals surface area (Å²) < 4.78 is 4.80. The van der Waals surface area contributed by atoms with Gasteiger partial charge < -0.3 is 9.84 Å². The van der Waals surface area contributed by atoms with Crippen molar-refractivity contribution in [2.75, 3.05) is 0 Å². The standard InChI is InChI=1S/C9H18O3S2/c1-3-4-5-6-8(10)12-9(11)7(2)14-13/h7-8,10,13H,3-6H2,1-2H3. The Kier molecular flexibility index (Phi) is 8.52. The van der Waals surface area contributed by atoms with Crippen LogP contribution in [0.1, 0.15) is 39.5 Å². The average molecular weight is 238 g/mol. The quantitative estimate of drug-likeness (QED) is 0.235. The number of aliphatic hydroxyl groups excluding tert-OH is 1. The molecule has 0 amide bonds. The summed E-state index contributed by atoms with van der Waals surface area (Å²) in [7, 11) is 1.11. The molecule has 0 aliphatic heterocycles. The number of aliphatic hydroxyl groups is 1. The third-order valence-corrected chi connectivity index (χ3v) is 3.25. The van der Waals surface area contributed by atoms with Crippen molar-refractivity contribution in [1.29, 1.82) is 0 Å². The van der Waals surface area contributed by atoms with Crippen molar-refractivity contribution < 1.29 is 14.6 Å². The molecule has 0 aliphatic carbocycles. The largest absolute Gasteiger partial charge is 0.435 e. The van der Waals surface area contributed by atoms with Gasteiger partial charge in [-0.3, -0.25) is 4.79 Å². The molecule has 0 saturated heterocycles. The summed E-state index contributed by atoms with van der Waals surface area (Å²) in [4.78, 5) is 11.2. The maximum atomic E-state index is 11.2. The minimum Gasteiger partial charge on any atom is -0.435 e. The Balaban J connectivity index is 3.60. The lowest BCUT2D eigenvalue weighted by molar-refractivity contribution is -0.167. The smallest absolute Gasteiger partial charge is 0.321 e. The predicted molar refractivity (Wildman–Crippen MR) is 62.3 cm³/mol. The van der Waals surface area contributed by atoms with Crippen molar-refractivity contribution in [2.45, 2.75) is 51.1 Å². The van der Waals surface area contributed by atoms with Crippen molar-refractivity contribution in [3.8, 4) is 0 Å². The van der Waals surface area contributed by atoms with Crippen LogP contribution in [0, 0.1) is 0 Å². The summed E-state index contributed by atoms with van der Waals surface area (Å²) in [5.74, 6) is -0.408. The van der Waals surface area contributed by atoms with Gasteiger partial charge in [0.1, 0.15) is 5.25 Å². The summed E-state index contributed by atoms with van der Waals surface area (Å²) >= 11 is 3.90. The Morgan fingerprint density at radius 2 is 2.21 bits per heavy atom. The van der Waals surface area contributed by atoms with E-state index in [-0.39, 0.29) is 5.25 Å². The Bertz CT molecular complexity index is 164. The molecule has 0 heterocycles. The van der Waals surface area contributed by atoms with E-state index in [0.29, 0.717) is 6.42 Å². The van der Waals surface area contributed by atoms with E-state index in [1.165, 1.54) is 0 Å². The van der Waals surface area contributed by atoms with Gasteiger partial charge in [0, 0.05) is 6.42 Å². The van der Waals surface area contributed by atoms with Crippen molar-refractivity contribution in [3.05, 3.63) is 0 Å². The Morgan fingerprint density at radius 3 is 2.71 bits per heavy atom. The fourth-order valence-electron chi connectivity index (χ4n) is 0.901. The van der Waals surface area contributed by atoms with Gasteiger partial charge in [0.2, 0.25) is 6.29 Å². The van der Waals surface area contributed by atoms with E-state index in [1.54, 1.807) is 6.92 Å². The number of rotatable bonds is 7. The molecule has 84 valence electrons. The highest BCUT2D eigenvalue weighted by molar-refractivity contribution is 8.69. The minimum absolute atomic E-state index is 0.334. The SMILES string of the molecule is CCCCCC(O)OC(=O)C(C)SS. The van der Waals surface area contributed by atoms with E-state index in [9.17, 15) is 9.90 Å². The lowest BCUT2D eigenvalue weighted by atomic mass is 10.2. The number of ether oxygens (including phenoxy) is 1.